The van der Waals surface area contributed by atoms with Gasteiger partial charge in [0.1, 0.15) is 11.5 Å². The highest BCUT2D eigenvalue weighted by molar-refractivity contribution is 9.10. The Morgan fingerprint density at radius 3 is 2.56 bits per heavy atom. The smallest absolute Gasteiger partial charge is 0.286 e. The topological polar surface area (TPSA) is 79.6 Å². The number of amides is 1. The quantitative estimate of drug-likeness (QED) is 0.454. The first kappa shape index (κ1) is 22.8. The number of halogens is 1. The molecule has 4 rings (SSSR count). The molecule has 0 saturated carbocycles. The van der Waals surface area contributed by atoms with Crippen LogP contribution in [0.2, 0.25) is 0 Å². The van der Waals surface area contributed by atoms with Crippen molar-refractivity contribution in [3.8, 4) is 0 Å². The summed E-state index contributed by atoms with van der Waals surface area (Å²) in [6.07, 6.45) is 1.89. The number of rotatable bonds is 8. The average Bonchev–Trinajstić information content (AvgIpc) is 3.24. The second-order valence-corrected chi connectivity index (χ2v) is 10.8. The summed E-state index contributed by atoms with van der Waals surface area (Å²) in [6, 6.07) is 18.0. The molecule has 0 fully saturated rings. The summed E-state index contributed by atoms with van der Waals surface area (Å²) >= 11 is 3.29. The van der Waals surface area contributed by atoms with Gasteiger partial charge in [0, 0.05) is 30.7 Å². The van der Waals surface area contributed by atoms with Gasteiger partial charge in [0.2, 0.25) is 0 Å². The zero-order valence-electron chi connectivity index (χ0n) is 17.6. The summed E-state index contributed by atoms with van der Waals surface area (Å²) in [4.78, 5) is 15.0. The molecule has 0 saturated heterocycles. The average molecular weight is 517 g/mol. The third kappa shape index (κ3) is 5.68. The fraction of sp³-hybridized carbons (Fsp3) is 0.292. The normalized spacial score (nSPS) is 14.2. The van der Waals surface area contributed by atoms with Crippen LogP contribution in [0, 0.1) is 0 Å². The molecule has 0 aliphatic carbocycles. The monoisotopic (exact) mass is 516 g/mol. The first-order valence-corrected chi connectivity index (χ1v) is 13.0. The Balaban J connectivity index is 1.24. The van der Waals surface area contributed by atoms with E-state index in [1.807, 2.05) is 0 Å². The fourth-order valence-electron chi connectivity index (χ4n) is 3.83. The second kappa shape index (κ2) is 10.0. The van der Waals surface area contributed by atoms with Gasteiger partial charge in [0.05, 0.1) is 4.90 Å². The molecule has 1 aromatic heterocycles. The van der Waals surface area contributed by atoms with Crippen molar-refractivity contribution < 1.29 is 17.6 Å². The number of furan rings is 1. The van der Waals surface area contributed by atoms with Gasteiger partial charge in [-0.25, -0.2) is 8.42 Å². The molecule has 6 nitrogen and oxygen atoms in total. The van der Waals surface area contributed by atoms with Gasteiger partial charge in [-0.15, -0.1) is 0 Å². The number of benzene rings is 2. The number of sulfone groups is 1. The highest BCUT2D eigenvalue weighted by atomic mass is 79.9. The van der Waals surface area contributed by atoms with Crippen LogP contribution in [0.3, 0.4) is 0 Å². The zero-order valence-corrected chi connectivity index (χ0v) is 20.0. The van der Waals surface area contributed by atoms with E-state index >= 15 is 0 Å². The van der Waals surface area contributed by atoms with E-state index in [0.717, 1.165) is 36.9 Å². The molecule has 1 aliphatic heterocycles. The van der Waals surface area contributed by atoms with Crippen molar-refractivity contribution in [2.75, 3.05) is 19.6 Å². The molecule has 2 aromatic carbocycles. The van der Waals surface area contributed by atoms with Crippen LogP contribution in [0.4, 0.5) is 0 Å². The van der Waals surface area contributed by atoms with Crippen molar-refractivity contribution in [2.24, 2.45) is 0 Å². The number of hydrogen-bond acceptors (Lipinski definition) is 5. The highest BCUT2D eigenvalue weighted by Gasteiger charge is 2.20. The number of nitrogens with one attached hydrogen (secondary N) is 1. The van der Waals surface area contributed by atoms with Crippen molar-refractivity contribution in [1.29, 1.82) is 0 Å². The van der Waals surface area contributed by atoms with Gasteiger partial charge in [-0.05, 0) is 60.4 Å². The second-order valence-electron chi connectivity index (χ2n) is 7.88. The number of carbonyl (C=O) groups is 1. The fourth-order valence-corrected chi connectivity index (χ4v) is 5.34. The van der Waals surface area contributed by atoms with E-state index in [4.69, 9.17) is 4.42 Å². The minimum Gasteiger partial charge on any atom is -0.455 e. The Labute approximate surface area is 196 Å². The molecule has 0 radical (unpaired) electrons. The molecule has 32 heavy (non-hydrogen) atoms. The van der Waals surface area contributed by atoms with Gasteiger partial charge >= 0.3 is 0 Å². The molecule has 3 aromatic rings. The molecular weight excluding hydrogens is 492 g/mol. The third-order valence-electron chi connectivity index (χ3n) is 5.54. The van der Waals surface area contributed by atoms with Crippen LogP contribution in [0.25, 0.3) is 0 Å². The van der Waals surface area contributed by atoms with Crippen LogP contribution in [-0.2, 0) is 28.6 Å². The number of carbonyl (C=O) groups excluding carboxylic acids is 1. The van der Waals surface area contributed by atoms with Crippen molar-refractivity contribution in [2.45, 2.75) is 30.0 Å². The lowest BCUT2D eigenvalue weighted by Crippen LogP contribution is -2.33. The summed E-state index contributed by atoms with van der Waals surface area (Å²) in [6.45, 7) is 3.41. The van der Waals surface area contributed by atoms with Gasteiger partial charge < -0.3 is 9.73 Å². The number of fused-ring (bicyclic) bond motifs is 1. The lowest BCUT2D eigenvalue weighted by atomic mass is 10.00. The predicted molar refractivity (Wildman–Crippen MR) is 126 cm³/mol. The number of nitrogens with zero attached hydrogens (tertiary/aromatic N) is 1. The van der Waals surface area contributed by atoms with Crippen molar-refractivity contribution in [3.63, 3.8) is 0 Å². The van der Waals surface area contributed by atoms with E-state index in [1.165, 1.54) is 35.4 Å². The molecule has 0 atom stereocenters. The Morgan fingerprint density at radius 1 is 1.03 bits per heavy atom. The SMILES string of the molecule is O=C(NCCCN1CCc2ccccc2C1)c1ccc(CS(=O)(=O)c2ccc(Br)cc2)o1. The van der Waals surface area contributed by atoms with E-state index in [0.29, 0.717) is 6.54 Å². The minimum absolute atomic E-state index is 0.123. The van der Waals surface area contributed by atoms with Crippen LogP contribution >= 0.6 is 15.9 Å². The lowest BCUT2D eigenvalue weighted by Gasteiger charge is -2.28. The first-order valence-electron chi connectivity index (χ1n) is 10.5. The molecule has 0 unspecified atom stereocenters. The summed E-state index contributed by atoms with van der Waals surface area (Å²) in [7, 11) is -3.55. The van der Waals surface area contributed by atoms with Crippen LogP contribution in [0.1, 0.15) is 33.9 Å². The summed E-state index contributed by atoms with van der Waals surface area (Å²) in [5.41, 5.74) is 2.80. The van der Waals surface area contributed by atoms with E-state index in [-0.39, 0.29) is 28.1 Å². The van der Waals surface area contributed by atoms with Crippen molar-refractivity contribution in [3.05, 3.63) is 87.8 Å². The number of hydrogen-bond donors (Lipinski definition) is 1. The van der Waals surface area contributed by atoms with Crippen LogP contribution in [0.5, 0.6) is 0 Å². The van der Waals surface area contributed by atoms with Gasteiger partial charge in [-0.2, -0.15) is 0 Å². The Morgan fingerprint density at radius 2 is 1.78 bits per heavy atom. The maximum absolute atomic E-state index is 12.5. The Bertz CT molecular complexity index is 1190. The molecular formula is C24H25BrN2O4S. The molecule has 8 heteroatoms. The molecule has 2 heterocycles. The minimum atomic E-state index is -3.55. The van der Waals surface area contributed by atoms with E-state index in [2.05, 4.69) is 50.4 Å². The van der Waals surface area contributed by atoms with Crippen LogP contribution < -0.4 is 5.32 Å². The van der Waals surface area contributed by atoms with Gasteiger partial charge in [0.15, 0.2) is 15.6 Å². The zero-order chi connectivity index (χ0) is 22.6. The Kier molecular flexibility index (Phi) is 7.13. The van der Waals surface area contributed by atoms with Gasteiger partial charge in [-0.1, -0.05) is 40.2 Å². The van der Waals surface area contributed by atoms with Gasteiger partial charge in [0.25, 0.3) is 5.91 Å². The lowest BCUT2D eigenvalue weighted by molar-refractivity contribution is 0.0922. The standard InChI is InChI=1S/C24H25BrN2O4S/c25-20-6-9-22(10-7-20)32(29,30)17-21-8-11-23(31-21)24(28)26-13-3-14-27-15-12-18-4-1-2-5-19(18)16-27/h1-2,4-11H,3,12-17H2,(H,26,28). The van der Waals surface area contributed by atoms with Crippen molar-refractivity contribution >= 4 is 31.7 Å². The van der Waals surface area contributed by atoms with Crippen LogP contribution in [-0.4, -0.2) is 38.9 Å². The van der Waals surface area contributed by atoms with E-state index in [1.54, 1.807) is 12.1 Å². The molecule has 1 aliphatic rings. The van der Waals surface area contributed by atoms with Gasteiger partial charge in [-0.3, -0.25) is 9.69 Å². The largest absolute Gasteiger partial charge is 0.455 e. The molecule has 0 spiro atoms. The summed E-state index contributed by atoms with van der Waals surface area (Å²) < 4.78 is 31.4. The first-order chi connectivity index (χ1) is 15.4. The molecule has 1 amide bonds. The van der Waals surface area contributed by atoms with Crippen molar-refractivity contribution in [1.82, 2.24) is 10.2 Å². The molecule has 0 bridgehead atoms. The maximum Gasteiger partial charge on any atom is 0.286 e. The summed E-state index contributed by atoms with van der Waals surface area (Å²) in [5.74, 6) is -0.262. The Hall–Kier alpha value is -2.42. The highest BCUT2D eigenvalue weighted by Crippen LogP contribution is 2.21. The maximum atomic E-state index is 12.5. The summed E-state index contributed by atoms with van der Waals surface area (Å²) in [5, 5.41) is 2.86. The third-order valence-corrected chi connectivity index (χ3v) is 7.72. The van der Waals surface area contributed by atoms with E-state index in [9.17, 15) is 13.2 Å². The predicted octanol–water partition coefficient (Wildman–Crippen LogP) is 4.19. The molecule has 168 valence electrons. The van der Waals surface area contributed by atoms with E-state index < -0.39 is 9.84 Å². The van der Waals surface area contributed by atoms with Crippen LogP contribution in [0.15, 0.2) is 74.4 Å². The molecule has 1 N–H and O–H groups in total.